The van der Waals surface area contributed by atoms with E-state index in [9.17, 15) is 4.79 Å². The van der Waals surface area contributed by atoms with Gasteiger partial charge in [0.05, 0.1) is 0 Å². The highest BCUT2D eigenvalue weighted by atomic mass is 28.4. The van der Waals surface area contributed by atoms with Crippen LogP contribution in [0, 0.1) is 0 Å². The normalized spacial score (nSPS) is 13.9. The molecule has 0 radical (unpaired) electrons. The van der Waals surface area contributed by atoms with Gasteiger partial charge in [0.15, 0.2) is 8.32 Å². The van der Waals surface area contributed by atoms with Crippen molar-refractivity contribution in [2.24, 2.45) is 0 Å². The Bertz CT molecular complexity index is 237. The van der Waals surface area contributed by atoms with Crippen LogP contribution in [0.2, 0.25) is 18.6 Å². The Morgan fingerprint density at radius 2 is 1.72 bits per heavy atom. The molecular weight excluding hydrogens is 240 g/mol. The Kier molecular flexibility index (Phi) is 8.79. The van der Waals surface area contributed by atoms with Crippen LogP contribution >= 0.6 is 0 Å². The van der Waals surface area contributed by atoms with Crippen molar-refractivity contribution in [2.75, 3.05) is 0 Å². The average molecular weight is 273 g/mol. The molecule has 0 aromatic rings. The van der Waals surface area contributed by atoms with Gasteiger partial charge >= 0.3 is 0 Å². The van der Waals surface area contributed by atoms with Crippen LogP contribution in [-0.4, -0.2) is 20.2 Å². The fourth-order valence-electron chi connectivity index (χ4n) is 2.70. The third-order valence-electron chi connectivity index (χ3n) is 3.45. The third-order valence-corrected chi connectivity index (χ3v) is 6.94. The molecule has 0 amide bonds. The zero-order chi connectivity index (χ0) is 14.2. The molecule has 1 unspecified atom stereocenters. The van der Waals surface area contributed by atoms with Gasteiger partial charge in [-0.3, -0.25) is 4.79 Å². The number of unbranched alkanes of at least 4 members (excludes halogenated alkanes) is 3. The first-order chi connectivity index (χ1) is 8.35. The number of carbonyl (C=O) groups is 1. The summed E-state index contributed by atoms with van der Waals surface area (Å²) in [7, 11) is -1.88. The maximum atomic E-state index is 12.3. The van der Waals surface area contributed by atoms with Crippen LogP contribution in [0.5, 0.6) is 0 Å². The maximum Gasteiger partial charge on any atom is 0.197 e. The molecule has 0 bridgehead atoms. The van der Waals surface area contributed by atoms with Crippen LogP contribution in [0.3, 0.4) is 0 Å². The summed E-state index contributed by atoms with van der Waals surface area (Å²) >= 11 is 0. The van der Waals surface area contributed by atoms with E-state index >= 15 is 0 Å². The van der Waals surface area contributed by atoms with Gasteiger partial charge in [-0.05, 0) is 39.8 Å². The summed E-state index contributed by atoms with van der Waals surface area (Å²) in [6.45, 7) is 12.8. The van der Waals surface area contributed by atoms with Crippen molar-refractivity contribution < 1.29 is 9.22 Å². The molecule has 2 nitrogen and oxygen atoms in total. The second-order valence-electron chi connectivity index (χ2n) is 6.01. The minimum absolute atomic E-state index is 0.168. The highest BCUT2D eigenvalue weighted by Gasteiger charge is 2.37. The van der Waals surface area contributed by atoms with E-state index in [0.717, 1.165) is 19.3 Å². The van der Waals surface area contributed by atoms with Crippen LogP contribution in [0.25, 0.3) is 0 Å². The molecule has 1 atom stereocenters. The summed E-state index contributed by atoms with van der Waals surface area (Å²) in [5.74, 6) is 0.436. The van der Waals surface area contributed by atoms with Crippen molar-refractivity contribution in [3.05, 3.63) is 0 Å². The molecule has 0 aliphatic rings. The van der Waals surface area contributed by atoms with Gasteiger partial charge in [0, 0.05) is 18.1 Å². The number of hydrogen-bond acceptors (Lipinski definition) is 2. The van der Waals surface area contributed by atoms with Gasteiger partial charge in [-0.2, -0.15) is 0 Å². The zero-order valence-corrected chi connectivity index (χ0v) is 14.2. The van der Waals surface area contributed by atoms with Crippen LogP contribution < -0.4 is 0 Å². The predicted octanol–water partition coefficient (Wildman–Crippen LogP) is 4.94. The van der Waals surface area contributed by atoms with Gasteiger partial charge in [-0.1, -0.05) is 33.1 Å². The Labute approximate surface area is 115 Å². The van der Waals surface area contributed by atoms with Crippen molar-refractivity contribution in [1.82, 2.24) is 0 Å². The monoisotopic (exact) mass is 272 g/mol. The third kappa shape index (κ3) is 6.69. The highest BCUT2D eigenvalue weighted by Crippen LogP contribution is 2.30. The second-order valence-corrected chi connectivity index (χ2v) is 10.1. The lowest BCUT2D eigenvalue weighted by Crippen LogP contribution is -2.42. The van der Waals surface area contributed by atoms with E-state index in [1.165, 1.54) is 19.3 Å². The smallest absolute Gasteiger partial charge is 0.197 e. The Morgan fingerprint density at radius 1 is 1.11 bits per heavy atom. The van der Waals surface area contributed by atoms with E-state index in [2.05, 4.69) is 40.8 Å². The molecule has 108 valence electrons. The highest BCUT2D eigenvalue weighted by molar-refractivity contribution is 6.76. The topological polar surface area (TPSA) is 26.3 Å². The van der Waals surface area contributed by atoms with Gasteiger partial charge in [0.2, 0.25) is 0 Å². The molecular formula is C15H32O2Si. The first kappa shape index (κ1) is 17.8. The van der Waals surface area contributed by atoms with Gasteiger partial charge in [0.1, 0.15) is 5.78 Å². The Hall–Kier alpha value is -0.153. The molecule has 0 heterocycles. The lowest BCUT2D eigenvalue weighted by molar-refractivity contribution is -0.119. The van der Waals surface area contributed by atoms with Gasteiger partial charge in [-0.15, -0.1) is 0 Å². The molecule has 0 aromatic carbocycles. The van der Waals surface area contributed by atoms with E-state index in [4.69, 9.17) is 4.43 Å². The molecule has 3 heteroatoms. The number of rotatable bonds is 10. The van der Waals surface area contributed by atoms with E-state index in [1.54, 1.807) is 0 Å². The van der Waals surface area contributed by atoms with Crippen LogP contribution in [0.1, 0.15) is 66.2 Å². The first-order valence-electron chi connectivity index (χ1n) is 7.55. The lowest BCUT2D eigenvalue weighted by atomic mass is 10.1. The van der Waals surface area contributed by atoms with E-state index in [-0.39, 0.29) is 11.6 Å². The molecule has 0 N–H and O–H groups in total. The Morgan fingerprint density at radius 3 is 2.17 bits per heavy atom. The number of Topliss-reactive ketones (excluding diaryl/α,β-unsaturated/α-hetero) is 1. The summed E-state index contributed by atoms with van der Waals surface area (Å²) < 4.78 is 6.06. The first-order valence-corrected chi connectivity index (χ1v) is 10.5. The molecule has 18 heavy (non-hydrogen) atoms. The molecule has 0 aromatic heterocycles. The maximum absolute atomic E-state index is 12.3. The van der Waals surface area contributed by atoms with E-state index < -0.39 is 8.32 Å². The molecule has 0 spiro atoms. The van der Waals surface area contributed by atoms with Gasteiger partial charge in [-0.25, -0.2) is 0 Å². The summed E-state index contributed by atoms with van der Waals surface area (Å²) in [6, 6.07) is 0. The number of hydrogen-bond donors (Lipinski definition) is 0. The standard InChI is InChI=1S/C15H32O2Si/c1-7-9-10-11-12-14(16)15(8-2)18(5,6)17-13(3)4/h13,15H,7-12H2,1-6H3. The average Bonchev–Trinajstić information content (AvgIpc) is 2.23. The minimum atomic E-state index is -1.88. The lowest BCUT2D eigenvalue weighted by Gasteiger charge is -2.32. The van der Waals surface area contributed by atoms with Crippen molar-refractivity contribution in [3.63, 3.8) is 0 Å². The summed E-state index contributed by atoms with van der Waals surface area (Å²) in [6.07, 6.45) is 6.61. The van der Waals surface area contributed by atoms with Crippen molar-refractivity contribution in [2.45, 2.75) is 91.0 Å². The zero-order valence-electron chi connectivity index (χ0n) is 13.2. The van der Waals surface area contributed by atoms with Crippen LogP contribution in [0.4, 0.5) is 0 Å². The quantitative estimate of drug-likeness (QED) is 0.416. The van der Waals surface area contributed by atoms with Crippen LogP contribution in [-0.2, 0) is 9.22 Å². The van der Waals surface area contributed by atoms with E-state index in [0.29, 0.717) is 5.78 Å². The summed E-state index contributed by atoms with van der Waals surface area (Å²) in [4.78, 5) is 12.3. The number of ketones is 1. The molecule has 0 saturated carbocycles. The van der Waals surface area contributed by atoms with Gasteiger partial charge < -0.3 is 4.43 Å². The van der Waals surface area contributed by atoms with Crippen molar-refractivity contribution in [3.8, 4) is 0 Å². The molecule has 0 aliphatic carbocycles. The Balaban J connectivity index is 4.33. The van der Waals surface area contributed by atoms with Gasteiger partial charge in [0.25, 0.3) is 0 Å². The molecule has 0 rings (SSSR count). The van der Waals surface area contributed by atoms with E-state index in [1.807, 2.05) is 0 Å². The SMILES string of the molecule is CCCCCCC(=O)C(CC)[Si](C)(C)OC(C)C. The fourth-order valence-corrected chi connectivity index (χ4v) is 5.98. The minimum Gasteiger partial charge on any atom is -0.414 e. The second kappa shape index (κ2) is 8.86. The van der Waals surface area contributed by atoms with Crippen molar-refractivity contribution in [1.29, 1.82) is 0 Å². The summed E-state index contributed by atoms with van der Waals surface area (Å²) in [5.41, 5.74) is 0.168. The van der Waals surface area contributed by atoms with Crippen molar-refractivity contribution >= 4 is 14.1 Å². The fraction of sp³-hybridized carbons (Fsp3) is 0.933. The molecule has 0 fully saturated rings. The summed E-state index contributed by atoms with van der Waals surface area (Å²) in [5, 5.41) is 0. The molecule has 0 aliphatic heterocycles. The predicted molar refractivity (Wildman–Crippen MR) is 81.5 cm³/mol. The largest absolute Gasteiger partial charge is 0.414 e. The molecule has 0 saturated heterocycles. The van der Waals surface area contributed by atoms with Crippen LogP contribution in [0.15, 0.2) is 0 Å². The number of carbonyl (C=O) groups excluding carboxylic acids is 1.